The molecule has 0 saturated carbocycles. The van der Waals surface area contributed by atoms with Crippen molar-refractivity contribution in [1.29, 1.82) is 0 Å². The molecule has 0 saturated heterocycles. The van der Waals surface area contributed by atoms with Gasteiger partial charge in [-0.25, -0.2) is 0 Å². The van der Waals surface area contributed by atoms with E-state index < -0.39 is 5.60 Å². The fraction of sp³-hybridized carbons (Fsp3) is 1.00. The van der Waals surface area contributed by atoms with Crippen molar-refractivity contribution in [3.63, 3.8) is 0 Å². The first-order valence-electron chi connectivity index (χ1n) is 3.69. The van der Waals surface area contributed by atoms with Gasteiger partial charge in [0, 0.05) is 7.11 Å². The lowest BCUT2D eigenvalue weighted by Crippen LogP contribution is -2.31. The monoisotopic (exact) mass is 146 g/mol. The second-order valence-corrected chi connectivity index (χ2v) is 3.53. The van der Waals surface area contributed by atoms with Crippen molar-refractivity contribution in [1.82, 2.24) is 0 Å². The largest absolute Gasteiger partial charge is 0.388 e. The maximum atomic E-state index is 9.56. The fourth-order valence-electron chi connectivity index (χ4n) is 1.25. The summed E-state index contributed by atoms with van der Waals surface area (Å²) < 4.78 is 4.86. The van der Waals surface area contributed by atoms with E-state index >= 15 is 0 Å². The molecule has 0 rings (SSSR count). The number of aliphatic hydroxyl groups is 1. The second kappa shape index (κ2) is 3.94. The van der Waals surface area contributed by atoms with Crippen LogP contribution in [0.3, 0.4) is 0 Å². The Hall–Kier alpha value is -0.0800. The summed E-state index contributed by atoms with van der Waals surface area (Å²) in [4.78, 5) is 0. The summed E-state index contributed by atoms with van der Waals surface area (Å²) in [6, 6.07) is 0. The smallest absolute Gasteiger partial charge is 0.0854 e. The average Bonchev–Trinajstić information content (AvgIpc) is 1.59. The number of rotatable bonds is 4. The van der Waals surface area contributed by atoms with Gasteiger partial charge in [-0.3, -0.25) is 0 Å². The van der Waals surface area contributed by atoms with Crippen LogP contribution in [0.4, 0.5) is 0 Å². The van der Waals surface area contributed by atoms with Gasteiger partial charge >= 0.3 is 0 Å². The molecular formula is C8H18O2. The van der Waals surface area contributed by atoms with Gasteiger partial charge in [0.2, 0.25) is 0 Å². The van der Waals surface area contributed by atoms with E-state index in [0.29, 0.717) is 12.5 Å². The number of ether oxygens (including phenoxy) is 1. The lowest BCUT2D eigenvalue weighted by molar-refractivity contribution is -0.0305. The van der Waals surface area contributed by atoms with Crippen LogP contribution in [-0.4, -0.2) is 24.4 Å². The van der Waals surface area contributed by atoms with Crippen LogP contribution in [0.1, 0.15) is 27.2 Å². The summed E-state index contributed by atoms with van der Waals surface area (Å²) in [5, 5.41) is 9.56. The van der Waals surface area contributed by atoms with E-state index in [9.17, 15) is 5.11 Å². The Bertz CT molecular complexity index is 87.3. The van der Waals surface area contributed by atoms with Crippen LogP contribution in [0.25, 0.3) is 0 Å². The van der Waals surface area contributed by atoms with Gasteiger partial charge in [0.05, 0.1) is 12.2 Å². The van der Waals surface area contributed by atoms with E-state index in [1.807, 2.05) is 0 Å². The van der Waals surface area contributed by atoms with E-state index in [1.165, 1.54) is 0 Å². The summed E-state index contributed by atoms with van der Waals surface area (Å²) in [6.07, 6.45) is 0.792. The zero-order valence-corrected chi connectivity index (χ0v) is 7.35. The molecule has 0 aliphatic carbocycles. The maximum absolute atomic E-state index is 9.56. The van der Waals surface area contributed by atoms with Crippen LogP contribution in [0.2, 0.25) is 0 Å². The van der Waals surface area contributed by atoms with Crippen molar-refractivity contribution < 1.29 is 9.84 Å². The van der Waals surface area contributed by atoms with Crippen molar-refractivity contribution in [3.8, 4) is 0 Å². The molecule has 0 aromatic rings. The first-order chi connectivity index (χ1) is 4.48. The Morgan fingerprint density at radius 1 is 1.50 bits per heavy atom. The molecule has 0 aliphatic rings. The molecule has 1 N–H and O–H groups in total. The highest BCUT2D eigenvalue weighted by molar-refractivity contribution is 4.72. The topological polar surface area (TPSA) is 29.5 Å². The highest BCUT2D eigenvalue weighted by Crippen LogP contribution is 2.15. The quantitative estimate of drug-likeness (QED) is 0.650. The molecule has 0 fully saturated rings. The van der Waals surface area contributed by atoms with Gasteiger partial charge in [-0.2, -0.15) is 0 Å². The minimum atomic E-state index is -0.650. The molecule has 1 atom stereocenters. The lowest BCUT2D eigenvalue weighted by atomic mass is 9.95. The molecule has 0 aliphatic heterocycles. The third-order valence-electron chi connectivity index (χ3n) is 1.30. The molecule has 1 unspecified atom stereocenters. The van der Waals surface area contributed by atoms with Crippen LogP contribution in [0, 0.1) is 5.92 Å². The van der Waals surface area contributed by atoms with Gasteiger partial charge in [-0.1, -0.05) is 13.8 Å². The summed E-state index contributed by atoms with van der Waals surface area (Å²) in [5.41, 5.74) is -0.650. The van der Waals surface area contributed by atoms with E-state index in [2.05, 4.69) is 13.8 Å². The van der Waals surface area contributed by atoms with Crippen LogP contribution < -0.4 is 0 Å². The Morgan fingerprint density at radius 2 is 2.00 bits per heavy atom. The second-order valence-electron chi connectivity index (χ2n) is 3.53. The summed E-state index contributed by atoms with van der Waals surface area (Å²) in [7, 11) is 1.61. The minimum Gasteiger partial charge on any atom is -0.388 e. The highest BCUT2D eigenvalue weighted by Gasteiger charge is 2.20. The predicted octanol–water partition coefficient (Wildman–Crippen LogP) is 1.43. The lowest BCUT2D eigenvalue weighted by Gasteiger charge is -2.23. The molecule has 62 valence electrons. The third-order valence-corrected chi connectivity index (χ3v) is 1.30. The molecule has 10 heavy (non-hydrogen) atoms. The van der Waals surface area contributed by atoms with Crippen LogP contribution in [-0.2, 0) is 4.74 Å². The minimum absolute atomic E-state index is 0.422. The van der Waals surface area contributed by atoms with Crippen molar-refractivity contribution in [2.24, 2.45) is 5.92 Å². The van der Waals surface area contributed by atoms with Crippen LogP contribution in [0.15, 0.2) is 0 Å². The predicted molar refractivity (Wildman–Crippen MR) is 42.0 cm³/mol. The molecule has 0 aromatic carbocycles. The molecule has 0 spiro atoms. The third kappa shape index (κ3) is 4.77. The molecule has 0 aromatic heterocycles. The summed E-state index contributed by atoms with van der Waals surface area (Å²) >= 11 is 0. The van der Waals surface area contributed by atoms with Gasteiger partial charge in [-0.15, -0.1) is 0 Å². The molecule has 0 bridgehead atoms. The van der Waals surface area contributed by atoms with Gasteiger partial charge in [0.1, 0.15) is 0 Å². The molecule has 0 radical (unpaired) electrons. The van der Waals surface area contributed by atoms with E-state index in [0.717, 1.165) is 6.42 Å². The van der Waals surface area contributed by atoms with Crippen molar-refractivity contribution in [2.45, 2.75) is 32.8 Å². The van der Waals surface area contributed by atoms with Gasteiger partial charge in [0.15, 0.2) is 0 Å². The Balaban J connectivity index is 3.63. The zero-order chi connectivity index (χ0) is 8.20. The Kier molecular flexibility index (Phi) is 3.91. The Morgan fingerprint density at radius 3 is 2.30 bits per heavy atom. The fourth-order valence-corrected chi connectivity index (χ4v) is 1.25. The summed E-state index contributed by atoms with van der Waals surface area (Å²) in [6.45, 7) is 6.40. The maximum Gasteiger partial charge on any atom is 0.0854 e. The normalized spacial score (nSPS) is 17.4. The molecule has 2 heteroatoms. The first-order valence-corrected chi connectivity index (χ1v) is 3.69. The standard InChI is InChI=1S/C8H18O2/c1-7(2)5-8(3,9)6-10-4/h7,9H,5-6H2,1-4H3. The summed E-state index contributed by atoms with van der Waals surface area (Å²) in [5.74, 6) is 0.519. The van der Waals surface area contributed by atoms with Gasteiger partial charge < -0.3 is 9.84 Å². The highest BCUT2D eigenvalue weighted by atomic mass is 16.5. The molecule has 0 amide bonds. The SMILES string of the molecule is COCC(C)(O)CC(C)C. The van der Waals surface area contributed by atoms with E-state index in [-0.39, 0.29) is 0 Å². The number of methoxy groups -OCH3 is 1. The number of hydrogen-bond acceptors (Lipinski definition) is 2. The molecular weight excluding hydrogens is 128 g/mol. The van der Waals surface area contributed by atoms with Crippen molar-refractivity contribution in [2.75, 3.05) is 13.7 Å². The van der Waals surface area contributed by atoms with E-state index in [1.54, 1.807) is 14.0 Å². The van der Waals surface area contributed by atoms with Crippen LogP contribution in [0.5, 0.6) is 0 Å². The van der Waals surface area contributed by atoms with Crippen LogP contribution >= 0.6 is 0 Å². The van der Waals surface area contributed by atoms with E-state index in [4.69, 9.17) is 4.74 Å². The van der Waals surface area contributed by atoms with Crippen molar-refractivity contribution >= 4 is 0 Å². The zero-order valence-electron chi connectivity index (χ0n) is 7.35. The van der Waals surface area contributed by atoms with Gasteiger partial charge in [-0.05, 0) is 19.3 Å². The average molecular weight is 146 g/mol. The van der Waals surface area contributed by atoms with Crippen molar-refractivity contribution in [3.05, 3.63) is 0 Å². The first kappa shape index (κ1) is 9.92. The molecule has 0 heterocycles. The molecule has 2 nitrogen and oxygen atoms in total. The Labute approximate surface area is 63.2 Å². The number of hydrogen-bond donors (Lipinski definition) is 1. The van der Waals surface area contributed by atoms with Gasteiger partial charge in [0.25, 0.3) is 0 Å².